The zero-order valence-corrected chi connectivity index (χ0v) is 21.3. The molecule has 0 aliphatic heterocycles. The number of nitrogens with zero attached hydrogens (tertiary/aromatic N) is 2. The van der Waals surface area contributed by atoms with Gasteiger partial charge in [-0.15, -0.1) is 0 Å². The number of nitrogens with one attached hydrogen (secondary N) is 2. The third kappa shape index (κ3) is 6.66. The van der Waals surface area contributed by atoms with Gasteiger partial charge in [-0.1, -0.05) is 6.07 Å². The molecule has 1 aromatic carbocycles. The summed E-state index contributed by atoms with van der Waals surface area (Å²) in [5.74, 6) is 1.53. The summed E-state index contributed by atoms with van der Waals surface area (Å²) in [5.41, 5.74) is 1.67. The molecule has 0 radical (unpaired) electrons. The van der Waals surface area contributed by atoms with Crippen LogP contribution in [0.1, 0.15) is 31.0 Å². The van der Waals surface area contributed by atoms with Crippen molar-refractivity contribution < 1.29 is 17.9 Å². The predicted octanol–water partition coefficient (Wildman–Crippen LogP) is 4.48. The summed E-state index contributed by atoms with van der Waals surface area (Å²) in [6.07, 6.45) is 4.60. The molecule has 2 aromatic heterocycles. The minimum Gasteiger partial charge on any atom is -0.497 e. The Balaban J connectivity index is 1.74. The van der Waals surface area contributed by atoms with Gasteiger partial charge in [0.15, 0.2) is 0 Å². The lowest BCUT2D eigenvalue weighted by Crippen LogP contribution is -2.34. The molecule has 0 aliphatic carbocycles. The molecule has 0 bridgehead atoms. The maximum absolute atomic E-state index is 13.2. The maximum atomic E-state index is 13.2. The summed E-state index contributed by atoms with van der Waals surface area (Å²) in [4.78, 5) is 8.49. The number of pyridine rings is 2. The van der Waals surface area contributed by atoms with Gasteiger partial charge >= 0.3 is 0 Å². The van der Waals surface area contributed by atoms with Crippen LogP contribution in [0, 0.1) is 6.92 Å². The largest absolute Gasteiger partial charge is 0.497 e. The van der Waals surface area contributed by atoms with E-state index < -0.39 is 16.1 Å². The van der Waals surface area contributed by atoms with Gasteiger partial charge in [-0.3, -0.25) is 4.98 Å². The van der Waals surface area contributed by atoms with E-state index in [0.29, 0.717) is 11.5 Å². The van der Waals surface area contributed by atoms with Gasteiger partial charge in [0.25, 0.3) is 0 Å². The minimum absolute atomic E-state index is 0.0770. The van der Waals surface area contributed by atoms with E-state index in [1.54, 1.807) is 57.7 Å². The lowest BCUT2D eigenvalue weighted by Gasteiger charge is -2.20. The highest BCUT2D eigenvalue weighted by molar-refractivity contribution is 9.10. The number of sulfonamides is 1. The van der Waals surface area contributed by atoms with Gasteiger partial charge in [-0.2, -0.15) is 0 Å². The molecule has 2 N–H and O–H groups in total. The Labute approximate surface area is 202 Å². The minimum atomic E-state index is -3.86. The number of aryl methyl sites for hydroxylation is 1. The summed E-state index contributed by atoms with van der Waals surface area (Å²) in [7, 11) is -2.28. The molecule has 8 nitrogen and oxygen atoms in total. The van der Waals surface area contributed by atoms with Crippen LogP contribution in [0.25, 0.3) is 0 Å². The van der Waals surface area contributed by atoms with Gasteiger partial charge in [0, 0.05) is 35.7 Å². The first-order valence-corrected chi connectivity index (χ1v) is 12.6. The lowest BCUT2D eigenvalue weighted by atomic mass is 10.1. The van der Waals surface area contributed by atoms with Crippen molar-refractivity contribution in [3.05, 3.63) is 70.6 Å². The number of rotatable bonds is 10. The average molecular weight is 535 g/mol. The predicted molar refractivity (Wildman–Crippen MR) is 131 cm³/mol. The van der Waals surface area contributed by atoms with Gasteiger partial charge in [0.05, 0.1) is 13.2 Å². The number of hydrogen-bond donors (Lipinski definition) is 2. The molecule has 0 saturated heterocycles. The molecule has 176 valence electrons. The smallest absolute Gasteiger partial charge is 0.244 e. The van der Waals surface area contributed by atoms with E-state index >= 15 is 0 Å². The van der Waals surface area contributed by atoms with Gasteiger partial charge in [-0.05, 0) is 72.1 Å². The quantitative estimate of drug-likeness (QED) is 0.395. The third-order valence-electron chi connectivity index (χ3n) is 4.84. The molecule has 3 aromatic rings. The Kier molecular flexibility index (Phi) is 8.28. The number of aromatic nitrogens is 2. The van der Waals surface area contributed by atoms with Crippen molar-refractivity contribution in [2.45, 2.75) is 37.8 Å². The molecule has 0 aliphatic rings. The van der Waals surface area contributed by atoms with Crippen LogP contribution in [0.5, 0.6) is 11.5 Å². The summed E-state index contributed by atoms with van der Waals surface area (Å²) in [5, 5.41) is 3.21. The van der Waals surface area contributed by atoms with Crippen molar-refractivity contribution in [1.82, 2.24) is 14.7 Å². The molecule has 33 heavy (non-hydrogen) atoms. The van der Waals surface area contributed by atoms with E-state index in [1.165, 1.54) is 0 Å². The Morgan fingerprint density at radius 1 is 1.12 bits per heavy atom. The van der Waals surface area contributed by atoms with E-state index in [4.69, 9.17) is 9.47 Å². The molecular formula is C23H27BrN4O4S. The van der Waals surface area contributed by atoms with Gasteiger partial charge < -0.3 is 14.8 Å². The van der Waals surface area contributed by atoms with Gasteiger partial charge in [0.1, 0.15) is 28.3 Å². The zero-order valence-electron chi connectivity index (χ0n) is 18.9. The zero-order chi connectivity index (χ0) is 24.0. The van der Waals surface area contributed by atoms with Gasteiger partial charge in [0.2, 0.25) is 10.0 Å². The Morgan fingerprint density at radius 2 is 1.88 bits per heavy atom. The van der Waals surface area contributed by atoms with Crippen LogP contribution in [0.3, 0.4) is 0 Å². The SMILES string of the molecule is COc1cccc(OC(C)CNS(=O)(=O)c2cc(C)cnc2N[C@@H](C)c2ccncc2Br)c1. The molecule has 0 amide bonds. The van der Waals surface area contributed by atoms with Crippen molar-refractivity contribution >= 4 is 31.8 Å². The van der Waals surface area contributed by atoms with Crippen molar-refractivity contribution in [1.29, 1.82) is 0 Å². The van der Waals surface area contributed by atoms with E-state index in [2.05, 4.69) is 35.9 Å². The molecule has 2 atom stereocenters. The second-order valence-electron chi connectivity index (χ2n) is 7.58. The fourth-order valence-corrected chi connectivity index (χ4v) is 5.04. The summed E-state index contributed by atoms with van der Waals surface area (Å²) < 4.78 is 40.8. The highest BCUT2D eigenvalue weighted by Gasteiger charge is 2.23. The molecule has 3 rings (SSSR count). The Morgan fingerprint density at radius 3 is 2.61 bits per heavy atom. The second-order valence-corrected chi connectivity index (χ2v) is 10.2. The number of ether oxygens (including phenoxy) is 2. The third-order valence-corrected chi connectivity index (χ3v) is 6.94. The van der Waals surface area contributed by atoms with E-state index in [-0.39, 0.29) is 23.3 Å². The lowest BCUT2D eigenvalue weighted by molar-refractivity contribution is 0.224. The molecule has 1 unspecified atom stereocenters. The first-order chi connectivity index (χ1) is 15.7. The number of benzene rings is 1. The highest BCUT2D eigenvalue weighted by atomic mass is 79.9. The molecule has 0 fully saturated rings. The Bertz CT molecular complexity index is 1210. The first kappa shape index (κ1) is 24.9. The number of halogens is 1. The van der Waals surface area contributed by atoms with Crippen molar-refractivity contribution in [3.63, 3.8) is 0 Å². The van der Waals surface area contributed by atoms with Crippen LogP contribution < -0.4 is 19.5 Å². The van der Waals surface area contributed by atoms with Crippen molar-refractivity contribution in [3.8, 4) is 11.5 Å². The standard InChI is InChI=1S/C23H27BrN4O4S/c1-15-10-22(23(26-12-15)28-17(3)20-8-9-25-14-21(20)24)33(29,30)27-13-16(2)32-19-7-5-6-18(11-19)31-4/h5-12,14,16-17,27H,13H2,1-4H3,(H,26,28)/t16?,17-/m0/s1. The summed E-state index contributed by atoms with van der Waals surface area (Å²) >= 11 is 3.48. The fourth-order valence-electron chi connectivity index (χ4n) is 3.13. The highest BCUT2D eigenvalue weighted by Crippen LogP contribution is 2.28. The summed E-state index contributed by atoms with van der Waals surface area (Å²) in [6.45, 7) is 5.60. The van der Waals surface area contributed by atoms with E-state index in [9.17, 15) is 8.42 Å². The molecule has 0 saturated carbocycles. The van der Waals surface area contributed by atoms with E-state index in [1.807, 2.05) is 25.1 Å². The van der Waals surface area contributed by atoms with Gasteiger partial charge in [-0.25, -0.2) is 18.1 Å². The van der Waals surface area contributed by atoms with Crippen LogP contribution in [-0.4, -0.2) is 38.1 Å². The number of methoxy groups -OCH3 is 1. The van der Waals surface area contributed by atoms with Crippen LogP contribution in [0.2, 0.25) is 0 Å². The second kappa shape index (κ2) is 11.0. The molecule has 0 spiro atoms. The molecule has 2 heterocycles. The topological polar surface area (TPSA) is 102 Å². The fraction of sp³-hybridized carbons (Fsp3) is 0.304. The average Bonchev–Trinajstić information content (AvgIpc) is 2.79. The first-order valence-electron chi connectivity index (χ1n) is 10.3. The van der Waals surface area contributed by atoms with Crippen LogP contribution in [-0.2, 0) is 10.0 Å². The normalized spacial score (nSPS) is 13.2. The van der Waals surface area contributed by atoms with Crippen LogP contribution >= 0.6 is 15.9 Å². The van der Waals surface area contributed by atoms with Crippen LogP contribution in [0.15, 0.2) is 64.4 Å². The van der Waals surface area contributed by atoms with Crippen molar-refractivity contribution in [2.75, 3.05) is 19.0 Å². The summed E-state index contributed by atoms with van der Waals surface area (Å²) in [6, 6.07) is 10.4. The molecular weight excluding hydrogens is 508 g/mol. The maximum Gasteiger partial charge on any atom is 0.244 e. The molecule has 10 heteroatoms. The number of anilines is 1. The monoisotopic (exact) mass is 534 g/mol. The van der Waals surface area contributed by atoms with Crippen molar-refractivity contribution in [2.24, 2.45) is 0 Å². The van der Waals surface area contributed by atoms with E-state index in [0.717, 1.165) is 15.6 Å². The Hall–Kier alpha value is -2.69. The number of hydrogen-bond acceptors (Lipinski definition) is 7. The van der Waals surface area contributed by atoms with Crippen LogP contribution in [0.4, 0.5) is 5.82 Å².